The molecule has 0 saturated heterocycles. The van der Waals surface area contributed by atoms with Crippen LogP contribution in [0.2, 0.25) is 0 Å². The standard InChI is InChI=1S/C27H32N4O4/c1-16-21-15-28-11-10-19(21)17(2)24-23(16)20-14-18(8-9-22(20)29-24)34-25(32)30(6)12-13-31(7)26(33)35-27(3,4)5/h8-11,14-15,29H,12-13H2,1-7H3. The Hall–Kier alpha value is -3.81. The summed E-state index contributed by atoms with van der Waals surface area (Å²) in [4.78, 5) is 35.5. The molecule has 35 heavy (non-hydrogen) atoms. The number of H-pyrrole nitrogens is 1. The van der Waals surface area contributed by atoms with Gasteiger partial charge in [0.25, 0.3) is 0 Å². The van der Waals surface area contributed by atoms with Gasteiger partial charge in [0, 0.05) is 61.3 Å². The van der Waals surface area contributed by atoms with Gasteiger partial charge < -0.3 is 24.3 Å². The van der Waals surface area contributed by atoms with Gasteiger partial charge in [0.15, 0.2) is 0 Å². The van der Waals surface area contributed by atoms with Gasteiger partial charge in [-0.25, -0.2) is 9.59 Å². The molecule has 2 aromatic heterocycles. The molecule has 4 rings (SSSR count). The molecule has 0 aliphatic heterocycles. The first-order chi connectivity index (χ1) is 16.5. The molecule has 0 aliphatic rings. The minimum absolute atomic E-state index is 0.307. The second-order valence-electron chi connectivity index (χ2n) is 9.95. The summed E-state index contributed by atoms with van der Waals surface area (Å²) in [6, 6.07) is 7.63. The van der Waals surface area contributed by atoms with E-state index in [1.54, 1.807) is 20.2 Å². The summed E-state index contributed by atoms with van der Waals surface area (Å²) >= 11 is 0. The Kier molecular flexibility index (Phi) is 6.32. The van der Waals surface area contributed by atoms with Crippen LogP contribution in [-0.2, 0) is 4.74 Å². The van der Waals surface area contributed by atoms with Crippen LogP contribution in [-0.4, -0.2) is 64.7 Å². The minimum atomic E-state index is -0.573. The van der Waals surface area contributed by atoms with E-state index < -0.39 is 17.8 Å². The number of benzene rings is 2. The molecule has 0 radical (unpaired) electrons. The molecule has 8 heteroatoms. The van der Waals surface area contributed by atoms with Crippen LogP contribution in [0.15, 0.2) is 36.7 Å². The molecule has 2 aromatic carbocycles. The zero-order chi connectivity index (χ0) is 25.5. The predicted molar refractivity (Wildman–Crippen MR) is 138 cm³/mol. The molecular weight excluding hydrogens is 444 g/mol. The zero-order valence-corrected chi connectivity index (χ0v) is 21.4. The first-order valence-electron chi connectivity index (χ1n) is 11.6. The number of aromatic nitrogens is 2. The number of fused-ring (bicyclic) bond motifs is 4. The summed E-state index contributed by atoms with van der Waals surface area (Å²) < 4.78 is 11.0. The smallest absolute Gasteiger partial charge is 0.415 e. The van der Waals surface area contributed by atoms with Crippen LogP contribution < -0.4 is 4.74 Å². The summed E-state index contributed by atoms with van der Waals surface area (Å²) in [7, 11) is 3.28. The number of aromatic amines is 1. The molecule has 184 valence electrons. The van der Waals surface area contributed by atoms with Gasteiger partial charge in [-0.3, -0.25) is 4.98 Å². The lowest BCUT2D eigenvalue weighted by atomic mass is 9.97. The molecule has 0 atom stereocenters. The molecule has 2 amide bonds. The van der Waals surface area contributed by atoms with E-state index in [9.17, 15) is 9.59 Å². The highest BCUT2D eigenvalue weighted by atomic mass is 16.6. The van der Waals surface area contributed by atoms with Crippen LogP contribution in [0.3, 0.4) is 0 Å². The van der Waals surface area contributed by atoms with Crippen LogP contribution in [0, 0.1) is 13.8 Å². The highest BCUT2D eigenvalue weighted by molar-refractivity contribution is 6.16. The van der Waals surface area contributed by atoms with E-state index in [0.29, 0.717) is 18.8 Å². The van der Waals surface area contributed by atoms with Crippen LogP contribution in [0.1, 0.15) is 31.9 Å². The fraction of sp³-hybridized carbons (Fsp3) is 0.370. The number of nitrogens with one attached hydrogen (secondary N) is 1. The quantitative estimate of drug-likeness (QED) is 0.403. The maximum atomic E-state index is 12.7. The average molecular weight is 477 g/mol. The number of carbonyl (C=O) groups is 2. The number of carbonyl (C=O) groups excluding carboxylic acids is 2. The Balaban J connectivity index is 1.53. The van der Waals surface area contributed by atoms with Gasteiger partial charge in [-0.15, -0.1) is 0 Å². The van der Waals surface area contributed by atoms with E-state index in [1.165, 1.54) is 15.2 Å². The molecule has 8 nitrogen and oxygen atoms in total. The van der Waals surface area contributed by atoms with Crippen molar-refractivity contribution < 1.29 is 19.1 Å². The average Bonchev–Trinajstić information content (AvgIpc) is 3.19. The number of pyridine rings is 1. The third-order valence-corrected chi connectivity index (χ3v) is 6.14. The van der Waals surface area contributed by atoms with Gasteiger partial charge in [0.05, 0.1) is 5.52 Å². The van der Waals surface area contributed by atoms with Gasteiger partial charge >= 0.3 is 12.2 Å². The highest BCUT2D eigenvalue weighted by Gasteiger charge is 2.21. The Morgan fingerprint density at radius 1 is 0.943 bits per heavy atom. The van der Waals surface area contributed by atoms with Gasteiger partial charge in [-0.2, -0.15) is 0 Å². The zero-order valence-electron chi connectivity index (χ0n) is 21.4. The van der Waals surface area contributed by atoms with Crippen molar-refractivity contribution >= 4 is 44.8 Å². The Bertz CT molecular complexity index is 1430. The lowest BCUT2D eigenvalue weighted by molar-refractivity contribution is 0.0287. The molecule has 0 fully saturated rings. The number of amides is 2. The number of ether oxygens (including phenoxy) is 2. The second kappa shape index (κ2) is 9.09. The third-order valence-electron chi connectivity index (χ3n) is 6.14. The summed E-state index contributed by atoms with van der Waals surface area (Å²) in [5, 5.41) is 4.36. The molecule has 0 spiro atoms. The van der Waals surface area contributed by atoms with Crippen molar-refractivity contribution in [2.45, 2.75) is 40.2 Å². The Morgan fingerprint density at radius 2 is 1.63 bits per heavy atom. The molecule has 0 aliphatic carbocycles. The van der Waals surface area contributed by atoms with Gasteiger partial charge in [0.2, 0.25) is 0 Å². The number of rotatable bonds is 4. The Labute approximate surface area is 204 Å². The second-order valence-corrected chi connectivity index (χ2v) is 9.95. The molecule has 0 bridgehead atoms. The number of hydrogen-bond donors (Lipinski definition) is 1. The largest absolute Gasteiger partial charge is 0.444 e. The summed E-state index contributed by atoms with van der Waals surface area (Å²) in [6.07, 6.45) is 2.77. The molecule has 2 heterocycles. The van der Waals surface area contributed by atoms with Crippen molar-refractivity contribution in [3.63, 3.8) is 0 Å². The van der Waals surface area contributed by atoms with E-state index in [4.69, 9.17) is 9.47 Å². The maximum Gasteiger partial charge on any atom is 0.415 e. The molecule has 0 unspecified atom stereocenters. The van der Waals surface area contributed by atoms with Crippen LogP contribution >= 0.6 is 0 Å². The Morgan fingerprint density at radius 3 is 2.31 bits per heavy atom. The number of nitrogens with zero attached hydrogens (tertiary/aromatic N) is 3. The molecule has 1 N–H and O–H groups in total. The van der Waals surface area contributed by atoms with E-state index in [2.05, 4.69) is 23.8 Å². The van der Waals surface area contributed by atoms with E-state index in [1.807, 2.05) is 51.4 Å². The molecule has 0 saturated carbocycles. The van der Waals surface area contributed by atoms with Gasteiger partial charge in [0.1, 0.15) is 11.4 Å². The first-order valence-corrected chi connectivity index (χ1v) is 11.6. The summed E-state index contributed by atoms with van der Waals surface area (Å²) in [6.45, 7) is 10.3. The SMILES string of the molecule is Cc1c2ccncc2c(C)c2c1[nH]c1ccc(OC(=O)N(C)CCN(C)C(=O)OC(C)(C)C)cc12. The first kappa shape index (κ1) is 24.3. The number of likely N-dealkylation sites (N-methyl/N-ethyl adjacent to an activating group) is 2. The van der Waals surface area contributed by atoms with Crippen molar-refractivity contribution in [2.24, 2.45) is 0 Å². The number of hydrogen-bond acceptors (Lipinski definition) is 5. The van der Waals surface area contributed by atoms with Gasteiger partial charge in [-0.05, 0) is 75.4 Å². The van der Waals surface area contributed by atoms with E-state index in [0.717, 1.165) is 38.3 Å². The lowest BCUT2D eigenvalue weighted by Gasteiger charge is -2.26. The highest BCUT2D eigenvalue weighted by Crippen LogP contribution is 2.37. The predicted octanol–water partition coefficient (Wildman–Crippen LogP) is 5.78. The van der Waals surface area contributed by atoms with Crippen LogP contribution in [0.25, 0.3) is 32.6 Å². The normalized spacial score (nSPS) is 11.7. The van der Waals surface area contributed by atoms with Crippen molar-refractivity contribution in [1.82, 2.24) is 19.8 Å². The van der Waals surface area contributed by atoms with Crippen molar-refractivity contribution in [3.05, 3.63) is 47.8 Å². The van der Waals surface area contributed by atoms with E-state index in [-0.39, 0.29) is 0 Å². The van der Waals surface area contributed by atoms with Crippen LogP contribution in [0.4, 0.5) is 9.59 Å². The monoisotopic (exact) mass is 476 g/mol. The van der Waals surface area contributed by atoms with Crippen LogP contribution in [0.5, 0.6) is 5.75 Å². The lowest BCUT2D eigenvalue weighted by Crippen LogP contribution is -2.40. The fourth-order valence-corrected chi connectivity index (χ4v) is 4.20. The summed E-state index contributed by atoms with van der Waals surface area (Å²) in [5.41, 5.74) is 3.76. The fourth-order valence-electron chi connectivity index (χ4n) is 4.20. The van der Waals surface area contributed by atoms with Gasteiger partial charge in [-0.1, -0.05) is 0 Å². The minimum Gasteiger partial charge on any atom is -0.444 e. The maximum absolute atomic E-state index is 12.7. The molecule has 4 aromatic rings. The van der Waals surface area contributed by atoms with Crippen molar-refractivity contribution in [1.29, 1.82) is 0 Å². The summed E-state index contributed by atoms with van der Waals surface area (Å²) in [5.74, 6) is 0.457. The van der Waals surface area contributed by atoms with E-state index >= 15 is 0 Å². The van der Waals surface area contributed by atoms with Crippen molar-refractivity contribution in [3.8, 4) is 5.75 Å². The third kappa shape index (κ3) is 4.87. The number of aryl methyl sites for hydroxylation is 2. The topological polar surface area (TPSA) is 87.8 Å². The molecular formula is C27H32N4O4. The van der Waals surface area contributed by atoms with Crippen molar-refractivity contribution in [2.75, 3.05) is 27.2 Å².